The Labute approximate surface area is 79.7 Å². The molecule has 0 aromatic heterocycles. The topological polar surface area (TPSA) is 109 Å². The van der Waals surface area contributed by atoms with Crippen LogP contribution in [-0.2, 0) is 9.59 Å². The predicted octanol–water partition coefficient (Wildman–Crippen LogP) is 0.955. The first kappa shape index (κ1) is 10.0. The number of hydrogen-bond donors (Lipinski definition) is 1. The summed E-state index contributed by atoms with van der Waals surface area (Å²) in [6, 6.07) is 0. The molecule has 0 aliphatic heterocycles. The number of allylic oxidation sites excluding steroid dienone is 2. The standard InChI is InChI=1S/C8H8N4O2/c1-3-5(9)7(13)4(2)6(8(3)14)11-12-10/h9H2,1-2H3. The van der Waals surface area contributed by atoms with E-state index in [-0.39, 0.29) is 22.5 Å². The van der Waals surface area contributed by atoms with Gasteiger partial charge in [-0.15, -0.1) is 0 Å². The summed E-state index contributed by atoms with van der Waals surface area (Å²) in [6.45, 7) is 2.83. The van der Waals surface area contributed by atoms with Gasteiger partial charge in [0.15, 0.2) is 5.78 Å². The van der Waals surface area contributed by atoms with Crippen molar-refractivity contribution in [3.63, 3.8) is 0 Å². The normalized spacial score (nSPS) is 17.3. The molecule has 0 spiro atoms. The Hall–Kier alpha value is -2.07. The van der Waals surface area contributed by atoms with Crippen LogP contribution in [0.1, 0.15) is 13.8 Å². The van der Waals surface area contributed by atoms with Crippen molar-refractivity contribution >= 4 is 11.6 Å². The molecule has 6 nitrogen and oxygen atoms in total. The largest absolute Gasteiger partial charge is 0.395 e. The summed E-state index contributed by atoms with van der Waals surface area (Å²) in [5.74, 6) is -0.943. The van der Waals surface area contributed by atoms with E-state index in [1.807, 2.05) is 0 Å². The first-order valence-electron chi connectivity index (χ1n) is 3.82. The van der Waals surface area contributed by atoms with Gasteiger partial charge < -0.3 is 5.73 Å². The Kier molecular flexibility index (Phi) is 2.40. The van der Waals surface area contributed by atoms with Crippen LogP contribution in [-0.4, -0.2) is 11.6 Å². The summed E-state index contributed by atoms with van der Waals surface area (Å²) in [5, 5.41) is 3.18. The molecule has 0 heterocycles. The van der Waals surface area contributed by atoms with Crippen LogP contribution in [0.5, 0.6) is 0 Å². The molecular weight excluding hydrogens is 184 g/mol. The van der Waals surface area contributed by atoms with Crippen LogP contribution >= 0.6 is 0 Å². The molecule has 14 heavy (non-hydrogen) atoms. The van der Waals surface area contributed by atoms with E-state index in [0.29, 0.717) is 0 Å². The molecular formula is C8H8N4O2. The van der Waals surface area contributed by atoms with Gasteiger partial charge >= 0.3 is 0 Å². The molecule has 1 aliphatic rings. The third kappa shape index (κ3) is 1.27. The van der Waals surface area contributed by atoms with Gasteiger partial charge in [0.05, 0.1) is 11.4 Å². The van der Waals surface area contributed by atoms with Crippen LogP contribution in [0.2, 0.25) is 0 Å². The van der Waals surface area contributed by atoms with Gasteiger partial charge in [0.25, 0.3) is 0 Å². The Morgan fingerprint density at radius 1 is 1.21 bits per heavy atom. The Bertz CT molecular complexity index is 438. The van der Waals surface area contributed by atoms with Crippen molar-refractivity contribution in [1.82, 2.24) is 0 Å². The van der Waals surface area contributed by atoms with E-state index in [1.54, 1.807) is 0 Å². The van der Waals surface area contributed by atoms with Gasteiger partial charge in [0.1, 0.15) is 0 Å². The lowest BCUT2D eigenvalue weighted by Gasteiger charge is -2.14. The highest BCUT2D eigenvalue weighted by Crippen LogP contribution is 2.22. The summed E-state index contributed by atoms with van der Waals surface area (Å²) >= 11 is 0. The number of rotatable bonds is 1. The van der Waals surface area contributed by atoms with Gasteiger partial charge in [-0.2, -0.15) is 0 Å². The zero-order valence-corrected chi connectivity index (χ0v) is 7.74. The summed E-state index contributed by atoms with van der Waals surface area (Å²) in [4.78, 5) is 25.3. The molecule has 72 valence electrons. The maximum atomic E-state index is 11.5. The van der Waals surface area contributed by atoms with Crippen LogP contribution in [0.25, 0.3) is 10.4 Å². The second-order valence-corrected chi connectivity index (χ2v) is 2.86. The van der Waals surface area contributed by atoms with Crippen molar-refractivity contribution in [2.75, 3.05) is 0 Å². The van der Waals surface area contributed by atoms with Gasteiger partial charge in [-0.05, 0) is 19.4 Å². The average Bonchev–Trinajstić information content (AvgIpc) is 2.19. The second-order valence-electron chi connectivity index (χ2n) is 2.86. The average molecular weight is 192 g/mol. The summed E-state index contributed by atoms with van der Waals surface area (Å²) in [6.07, 6.45) is 0. The Morgan fingerprint density at radius 3 is 2.29 bits per heavy atom. The predicted molar refractivity (Wildman–Crippen MR) is 48.7 cm³/mol. The van der Waals surface area contributed by atoms with Crippen molar-refractivity contribution in [2.45, 2.75) is 13.8 Å². The number of carbonyl (C=O) groups is 2. The molecule has 6 heteroatoms. The lowest BCUT2D eigenvalue weighted by atomic mass is 9.93. The number of nitrogens with two attached hydrogens (primary N) is 1. The minimum atomic E-state index is -0.489. The van der Waals surface area contributed by atoms with Crippen LogP contribution < -0.4 is 5.73 Å². The van der Waals surface area contributed by atoms with Crippen LogP contribution in [0.4, 0.5) is 0 Å². The molecule has 0 aromatic rings. The number of azide groups is 1. The molecule has 0 saturated heterocycles. The lowest BCUT2D eigenvalue weighted by molar-refractivity contribution is -0.116. The second kappa shape index (κ2) is 3.35. The summed E-state index contributed by atoms with van der Waals surface area (Å²) in [5.41, 5.74) is 13.6. The quantitative estimate of drug-likeness (QED) is 0.289. The van der Waals surface area contributed by atoms with Gasteiger partial charge in [-0.25, -0.2) is 0 Å². The molecule has 1 aliphatic carbocycles. The Morgan fingerprint density at radius 2 is 1.79 bits per heavy atom. The number of Topliss-reactive ketones (excluding diaryl/α,β-unsaturated/α-hetero) is 2. The zero-order chi connectivity index (χ0) is 10.9. The van der Waals surface area contributed by atoms with Crippen LogP contribution in [0.15, 0.2) is 27.7 Å². The van der Waals surface area contributed by atoms with E-state index >= 15 is 0 Å². The van der Waals surface area contributed by atoms with Crippen molar-refractivity contribution in [3.8, 4) is 0 Å². The highest BCUT2D eigenvalue weighted by molar-refractivity contribution is 6.24. The SMILES string of the molecule is CC1=C(N)C(=O)C(C)=C(N=[N+]=[N-])C1=O. The molecule has 0 aromatic carbocycles. The monoisotopic (exact) mass is 192 g/mol. The molecule has 2 N–H and O–H groups in total. The highest BCUT2D eigenvalue weighted by atomic mass is 16.1. The summed E-state index contributed by atoms with van der Waals surface area (Å²) < 4.78 is 0. The Balaban J connectivity index is 3.40. The van der Waals surface area contributed by atoms with Gasteiger partial charge in [-0.3, -0.25) is 9.59 Å². The van der Waals surface area contributed by atoms with E-state index in [0.717, 1.165) is 0 Å². The fraction of sp³-hybridized carbons (Fsp3) is 0.250. The van der Waals surface area contributed by atoms with E-state index in [2.05, 4.69) is 10.0 Å². The van der Waals surface area contributed by atoms with E-state index in [1.165, 1.54) is 13.8 Å². The van der Waals surface area contributed by atoms with Crippen molar-refractivity contribution in [2.24, 2.45) is 10.8 Å². The maximum Gasteiger partial charge on any atom is 0.205 e. The van der Waals surface area contributed by atoms with Crippen molar-refractivity contribution in [1.29, 1.82) is 0 Å². The van der Waals surface area contributed by atoms with E-state index < -0.39 is 11.6 Å². The molecule has 0 radical (unpaired) electrons. The molecule has 0 bridgehead atoms. The minimum absolute atomic E-state index is 0.0793. The minimum Gasteiger partial charge on any atom is -0.395 e. The third-order valence-electron chi connectivity index (χ3n) is 2.04. The number of nitrogens with zero attached hydrogens (tertiary/aromatic N) is 3. The van der Waals surface area contributed by atoms with Crippen molar-refractivity contribution in [3.05, 3.63) is 33.0 Å². The van der Waals surface area contributed by atoms with Crippen LogP contribution in [0, 0.1) is 0 Å². The molecule has 1 rings (SSSR count). The molecule has 0 saturated carbocycles. The fourth-order valence-electron chi connectivity index (χ4n) is 1.12. The molecule has 0 amide bonds. The van der Waals surface area contributed by atoms with Crippen LogP contribution in [0.3, 0.4) is 0 Å². The van der Waals surface area contributed by atoms with Gasteiger partial charge in [0, 0.05) is 16.1 Å². The van der Waals surface area contributed by atoms with Gasteiger partial charge in [0.2, 0.25) is 5.78 Å². The fourth-order valence-corrected chi connectivity index (χ4v) is 1.12. The number of carbonyl (C=O) groups excluding carboxylic acids is 2. The first-order chi connectivity index (χ1) is 6.50. The number of hydrogen-bond acceptors (Lipinski definition) is 4. The van der Waals surface area contributed by atoms with Gasteiger partial charge in [-0.1, -0.05) is 5.11 Å². The highest BCUT2D eigenvalue weighted by Gasteiger charge is 2.27. The van der Waals surface area contributed by atoms with E-state index in [9.17, 15) is 9.59 Å². The molecule has 0 unspecified atom stereocenters. The number of ketones is 2. The molecule has 0 atom stereocenters. The first-order valence-corrected chi connectivity index (χ1v) is 3.82. The van der Waals surface area contributed by atoms with Crippen molar-refractivity contribution < 1.29 is 9.59 Å². The zero-order valence-electron chi connectivity index (χ0n) is 7.74. The molecule has 0 fully saturated rings. The maximum absolute atomic E-state index is 11.5. The third-order valence-corrected chi connectivity index (χ3v) is 2.04. The lowest BCUT2D eigenvalue weighted by Crippen LogP contribution is -2.25. The smallest absolute Gasteiger partial charge is 0.205 e. The van der Waals surface area contributed by atoms with E-state index in [4.69, 9.17) is 11.3 Å². The summed E-state index contributed by atoms with van der Waals surface area (Å²) in [7, 11) is 0.